The molecule has 20 heavy (non-hydrogen) atoms. The van der Waals surface area contributed by atoms with Crippen molar-refractivity contribution in [3.05, 3.63) is 77.9 Å². The van der Waals surface area contributed by atoms with E-state index in [0.29, 0.717) is 6.04 Å². The van der Waals surface area contributed by atoms with Crippen molar-refractivity contribution in [2.45, 2.75) is 18.9 Å². The lowest BCUT2D eigenvalue weighted by Gasteiger charge is -2.15. The van der Waals surface area contributed by atoms with Crippen LogP contribution in [0.15, 0.2) is 66.7 Å². The summed E-state index contributed by atoms with van der Waals surface area (Å²) in [5.41, 5.74) is 4.23. The average molecular weight is 259 g/mol. The van der Waals surface area contributed by atoms with Crippen LogP contribution in [-0.2, 0) is 12.8 Å². The zero-order valence-electron chi connectivity index (χ0n) is 11.3. The first-order valence-electron chi connectivity index (χ1n) is 7.21. The van der Waals surface area contributed by atoms with Gasteiger partial charge in [-0.05, 0) is 35.4 Å². The zero-order chi connectivity index (χ0) is 13.4. The molecule has 0 atom stereocenters. The summed E-state index contributed by atoms with van der Waals surface area (Å²) in [6.45, 7) is 0. The molecule has 0 unspecified atom stereocenters. The molecule has 0 saturated heterocycles. The van der Waals surface area contributed by atoms with Crippen LogP contribution in [-0.4, -0.2) is 6.04 Å². The molecule has 1 aliphatic rings. The Morgan fingerprint density at radius 3 is 2.15 bits per heavy atom. The van der Waals surface area contributed by atoms with Crippen molar-refractivity contribution < 1.29 is 0 Å². The second-order valence-electron chi connectivity index (χ2n) is 5.54. The summed E-state index contributed by atoms with van der Waals surface area (Å²) < 4.78 is 0. The molecule has 0 heterocycles. The van der Waals surface area contributed by atoms with Crippen LogP contribution in [0.1, 0.15) is 11.1 Å². The van der Waals surface area contributed by atoms with Gasteiger partial charge < -0.3 is 5.32 Å². The van der Waals surface area contributed by atoms with E-state index in [1.165, 1.54) is 27.6 Å². The summed E-state index contributed by atoms with van der Waals surface area (Å²) >= 11 is 0. The maximum Gasteiger partial charge on any atom is 0.0422 e. The van der Waals surface area contributed by atoms with Gasteiger partial charge in [0.1, 0.15) is 0 Å². The summed E-state index contributed by atoms with van der Waals surface area (Å²) in [5.74, 6) is 0. The van der Waals surface area contributed by atoms with Crippen molar-refractivity contribution >= 4 is 16.5 Å². The highest BCUT2D eigenvalue weighted by Gasteiger charge is 2.20. The van der Waals surface area contributed by atoms with Gasteiger partial charge in [0, 0.05) is 17.1 Å². The van der Waals surface area contributed by atoms with Crippen molar-refractivity contribution in [3.8, 4) is 0 Å². The number of hydrogen-bond acceptors (Lipinski definition) is 1. The summed E-state index contributed by atoms with van der Waals surface area (Å²) in [5, 5.41) is 6.34. The first-order valence-corrected chi connectivity index (χ1v) is 7.21. The van der Waals surface area contributed by atoms with Crippen molar-refractivity contribution in [2.75, 3.05) is 5.32 Å². The van der Waals surface area contributed by atoms with Gasteiger partial charge in [0.15, 0.2) is 0 Å². The number of hydrogen-bond donors (Lipinski definition) is 1. The number of anilines is 1. The number of rotatable bonds is 2. The SMILES string of the molecule is c1ccc2c(c1)CC(Nc1cccc3ccccc13)C2. The van der Waals surface area contributed by atoms with E-state index in [2.05, 4.69) is 72.0 Å². The van der Waals surface area contributed by atoms with E-state index in [1.54, 1.807) is 0 Å². The Balaban J connectivity index is 1.64. The molecule has 0 spiro atoms. The Hall–Kier alpha value is -2.28. The van der Waals surface area contributed by atoms with Gasteiger partial charge in [-0.1, -0.05) is 60.7 Å². The van der Waals surface area contributed by atoms with Crippen molar-refractivity contribution in [1.82, 2.24) is 0 Å². The van der Waals surface area contributed by atoms with Gasteiger partial charge in [0.2, 0.25) is 0 Å². The molecule has 98 valence electrons. The fourth-order valence-corrected chi connectivity index (χ4v) is 3.23. The molecule has 1 aliphatic carbocycles. The van der Waals surface area contributed by atoms with Crippen LogP contribution in [0.2, 0.25) is 0 Å². The lowest BCUT2D eigenvalue weighted by molar-refractivity contribution is 0.775. The molecule has 4 rings (SSSR count). The van der Waals surface area contributed by atoms with Crippen molar-refractivity contribution in [2.24, 2.45) is 0 Å². The Morgan fingerprint density at radius 2 is 1.35 bits per heavy atom. The lowest BCUT2D eigenvalue weighted by atomic mass is 10.1. The molecular formula is C19H17N. The Bertz CT molecular complexity index is 730. The third-order valence-electron chi connectivity index (χ3n) is 4.20. The van der Waals surface area contributed by atoms with Crippen LogP contribution >= 0.6 is 0 Å². The molecule has 0 fully saturated rings. The van der Waals surface area contributed by atoms with Gasteiger partial charge in [0.25, 0.3) is 0 Å². The van der Waals surface area contributed by atoms with Gasteiger partial charge in [-0.25, -0.2) is 0 Å². The molecule has 0 aliphatic heterocycles. The zero-order valence-corrected chi connectivity index (χ0v) is 11.3. The first kappa shape index (κ1) is 11.5. The molecule has 0 radical (unpaired) electrons. The molecule has 1 nitrogen and oxygen atoms in total. The van der Waals surface area contributed by atoms with Gasteiger partial charge >= 0.3 is 0 Å². The second kappa shape index (κ2) is 4.68. The standard InChI is InChI=1S/C19H17N/c1-2-8-16-13-17(12-15(16)7-1)20-19-11-5-9-14-6-3-4-10-18(14)19/h1-11,17,20H,12-13H2. The second-order valence-corrected chi connectivity index (χ2v) is 5.54. The molecule has 0 saturated carbocycles. The molecule has 0 aromatic heterocycles. The molecule has 1 N–H and O–H groups in total. The van der Waals surface area contributed by atoms with Gasteiger partial charge in [-0.2, -0.15) is 0 Å². The van der Waals surface area contributed by atoms with Crippen LogP contribution < -0.4 is 5.32 Å². The predicted molar refractivity (Wildman–Crippen MR) is 85.2 cm³/mol. The van der Waals surface area contributed by atoms with E-state index < -0.39 is 0 Å². The quantitative estimate of drug-likeness (QED) is 0.718. The van der Waals surface area contributed by atoms with Crippen LogP contribution in [0.5, 0.6) is 0 Å². The van der Waals surface area contributed by atoms with E-state index in [1.807, 2.05) is 0 Å². The highest BCUT2D eigenvalue weighted by atomic mass is 14.9. The van der Waals surface area contributed by atoms with Crippen LogP contribution in [0.3, 0.4) is 0 Å². The van der Waals surface area contributed by atoms with Crippen molar-refractivity contribution in [3.63, 3.8) is 0 Å². The average Bonchev–Trinajstić information content (AvgIpc) is 2.90. The highest BCUT2D eigenvalue weighted by Crippen LogP contribution is 2.28. The maximum absolute atomic E-state index is 3.73. The fraction of sp³-hybridized carbons (Fsp3) is 0.158. The van der Waals surface area contributed by atoms with Gasteiger partial charge in [0.05, 0.1) is 0 Å². The van der Waals surface area contributed by atoms with E-state index >= 15 is 0 Å². The Morgan fingerprint density at radius 1 is 0.700 bits per heavy atom. The Labute approximate surface area is 119 Å². The summed E-state index contributed by atoms with van der Waals surface area (Å²) in [6.07, 6.45) is 2.25. The van der Waals surface area contributed by atoms with Crippen LogP contribution in [0.25, 0.3) is 10.8 Å². The largest absolute Gasteiger partial charge is 0.381 e. The number of benzene rings is 3. The third-order valence-corrected chi connectivity index (χ3v) is 4.20. The Kier molecular flexibility index (Phi) is 2.70. The molecule has 3 aromatic carbocycles. The highest BCUT2D eigenvalue weighted by molar-refractivity contribution is 5.93. The minimum Gasteiger partial charge on any atom is -0.381 e. The van der Waals surface area contributed by atoms with Crippen LogP contribution in [0, 0.1) is 0 Å². The first-order chi connectivity index (χ1) is 9.90. The summed E-state index contributed by atoms with van der Waals surface area (Å²) in [4.78, 5) is 0. The van der Waals surface area contributed by atoms with Crippen molar-refractivity contribution in [1.29, 1.82) is 0 Å². The summed E-state index contributed by atoms with van der Waals surface area (Å²) in [6, 6.07) is 24.3. The van der Waals surface area contributed by atoms with Gasteiger partial charge in [-0.3, -0.25) is 0 Å². The smallest absolute Gasteiger partial charge is 0.0422 e. The van der Waals surface area contributed by atoms with E-state index in [4.69, 9.17) is 0 Å². The molecule has 0 amide bonds. The van der Waals surface area contributed by atoms with Gasteiger partial charge in [-0.15, -0.1) is 0 Å². The van der Waals surface area contributed by atoms with Crippen LogP contribution in [0.4, 0.5) is 5.69 Å². The predicted octanol–water partition coefficient (Wildman–Crippen LogP) is 4.42. The minimum absolute atomic E-state index is 0.512. The maximum atomic E-state index is 3.73. The molecule has 0 bridgehead atoms. The van der Waals surface area contributed by atoms with E-state index in [9.17, 15) is 0 Å². The normalized spacial score (nSPS) is 14.4. The molecule has 1 heteroatoms. The molecule has 3 aromatic rings. The fourth-order valence-electron chi connectivity index (χ4n) is 3.23. The van der Waals surface area contributed by atoms with E-state index in [-0.39, 0.29) is 0 Å². The monoisotopic (exact) mass is 259 g/mol. The molecular weight excluding hydrogens is 242 g/mol. The topological polar surface area (TPSA) is 12.0 Å². The number of fused-ring (bicyclic) bond motifs is 2. The third kappa shape index (κ3) is 1.96. The summed E-state index contributed by atoms with van der Waals surface area (Å²) in [7, 11) is 0. The lowest BCUT2D eigenvalue weighted by Crippen LogP contribution is -2.19. The number of nitrogens with one attached hydrogen (secondary N) is 1. The van der Waals surface area contributed by atoms with E-state index in [0.717, 1.165) is 12.8 Å². The minimum atomic E-state index is 0.512.